The molecule has 0 bridgehead atoms. The highest BCUT2D eigenvalue weighted by Gasteiger charge is 2.38. The third-order valence-electron chi connectivity index (χ3n) is 7.00. The van der Waals surface area contributed by atoms with Crippen LogP contribution in [0.5, 0.6) is 0 Å². The van der Waals surface area contributed by atoms with E-state index in [9.17, 15) is 19.2 Å². The van der Waals surface area contributed by atoms with Crippen LogP contribution >= 0.6 is 0 Å². The number of esters is 1. The molecule has 9 heteroatoms. The first-order chi connectivity index (χ1) is 21.4. The first-order valence-corrected chi connectivity index (χ1v) is 16.4. The number of benzene rings is 2. The summed E-state index contributed by atoms with van der Waals surface area (Å²) < 4.78 is 11.2. The van der Waals surface area contributed by atoms with E-state index in [2.05, 4.69) is 10.6 Å². The van der Waals surface area contributed by atoms with Crippen molar-refractivity contribution < 1.29 is 28.7 Å². The van der Waals surface area contributed by atoms with Gasteiger partial charge in [-0.25, -0.2) is 9.59 Å². The number of nitrogens with one attached hydrogen (secondary N) is 2. The van der Waals surface area contributed by atoms with E-state index >= 15 is 0 Å². The van der Waals surface area contributed by atoms with Crippen molar-refractivity contribution in [3.05, 3.63) is 71.3 Å². The molecule has 3 amide bonds. The van der Waals surface area contributed by atoms with Crippen molar-refractivity contribution in [2.75, 3.05) is 6.54 Å². The lowest BCUT2D eigenvalue weighted by Crippen LogP contribution is -2.55. The van der Waals surface area contributed by atoms with Gasteiger partial charge in [0, 0.05) is 13.0 Å². The summed E-state index contributed by atoms with van der Waals surface area (Å²) in [5.74, 6) is -1.43. The fraction of sp³-hybridized carbons (Fsp3) is 0.568. The molecule has 0 aromatic heterocycles. The molecule has 3 atom stereocenters. The molecular weight excluding hydrogens is 582 g/mol. The number of nitrogens with zero attached hydrogens (tertiary/aromatic N) is 1. The summed E-state index contributed by atoms with van der Waals surface area (Å²) in [6.45, 7) is 18.7. The Bertz CT molecular complexity index is 1280. The van der Waals surface area contributed by atoms with Crippen LogP contribution in [0.25, 0.3) is 0 Å². The van der Waals surface area contributed by atoms with E-state index < -0.39 is 53.2 Å². The zero-order chi connectivity index (χ0) is 34.7. The van der Waals surface area contributed by atoms with Gasteiger partial charge in [-0.2, -0.15) is 0 Å². The molecule has 0 spiro atoms. The highest BCUT2D eigenvalue weighted by atomic mass is 16.6. The minimum absolute atomic E-state index is 0.0610. The highest BCUT2D eigenvalue weighted by Crippen LogP contribution is 2.26. The average Bonchev–Trinajstić information content (AvgIpc) is 2.94. The van der Waals surface area contributed by atoms with Crippen molar-refractivity contribution in [1.29, 1.82) is 0 Å². The normalized spacial score (nSPS) is 13.7. The summed E-state index contributed by atoms with van der Waals surface area (Å²) >= 11 is 0. The van der Waals surface area contributed by atoms with E-state index in [1.165, 1.54) is 4.90 Å². The second-order valence-electron chi connectivity index (χ2n) is 14.1. The number of hydrogen-bond acceptors (Lipinski definition) is 6. The van der Waals surface area contributed by atoms with Crippen molar-refractivity contribution in [2.24, 2.45) is 5.92 Å². The molecule has 0 aliphatic rings. The Morgan fingerprint density at radius 1 is 0.761 bits per heavy atom. The standard InChI is InChI=1S/C37H55N3O6/c1-11-22-40(33(42)29(23-25(3)4)39-35(44)46-37(8,9)10)31(28-20-18-26(12-2)19-21-28)32(41)38-30(34(43)45-36(5,6)7)24-27-16-14-13-15-17-27/h13-21,25,29-31H,11-12,22-24H2,1-10H3,(H,38,41)(H,39,44). The van der Waals surface area contributed by atoms with E-state index in [1.54, 1.807) is 41.5 Å². The molecule has 46 heavy (non-hydrogen) atoms. The first-order valence-electron chi connectivity index (χ1n) is 16.4. The Labute approximate surface area is 275 Å². The lowest BCUT2D eigenvalue weighted by atomic mass is 9.97. The Morgan fingerprint density at radius 2 is 1.35 bits per heavy atom. The van der Waals surface area contributed by atoms with Gasteiger partial charge < -0.3 is 25.0 Å². The molecule has 0 saturated heterocycles. The number of hydrogen-bond donors (Lipinski definition) is 2. The minimum atomic E-state index is -1.07. The maximum Gasteiger partial charge on any atom is 0.408 e. The van der Waals surface area contributed by atoms with Gasteiger partial charge in [0.25, 0.3) is 0 Å². The quantitative estimate of drug-likeness (QED) is 0.228. The predicted molar refractivity (Wildman–Crippen MR) is 181 cm³/mol. The monoisotopic (exact) mass is 637 g/mol. The maximum atomic E-state index is 14.4. The molecule has 0 aliphatic carbocycles. The van der Waals surface area contributed by atoms with Crippen LogP contribution in [0.4, 0.5) is 4.79 Å². The zero-order valence-corrected chi connectivity index (χ0v) is 29.4. The van der Waals surface area contributed by atoms with Crippen molar-refractivity contribution in [3.63, 3.8) is 0 Å². The largest absolute Gasteiger partial charge is 0.458 e. The van der Waals surface area contributed by atoms with Gasteiger partial charge in [-0.15, -0.1) is 0 Å². The van der Waals surface area contributed by atoms with E-state index in [1.807, 2.05) is 82.3 Å². The molecule has 9 nitrogen and oxygen atoms in total. The molecule has 2 aromatic carbocycles. The van der Waals surface area contributed by atoms with Crippen LogP contribution < -0.4 is 10.6 Å². The lowest BCUT2D eigenvalue weighted by molar-refractivity contribution is -0.159. The van der Waals surface area contributed by atoms with E-state index in [0.717, 1.165) is 17.5 Å². The van der Waals surface area contributed by atoms with Crippen LogP contribution in [0.15, 0.2) is 54.6 Å². The van der Waals surface area contributed by atoms with Crippen molar-refractivity contribution in [1.82, 2.24) is 15.5 Å². The number of alkyl carbamates (subject to hydrolysis) is 1. The van der Waals surface area contributed by atoms with E-state index in [-0.39, 0.29) is 18.9 Å². The lowest BCUT2D eigenvalue weighted by Gasteiger charge is -2.35. The molecule has 2 rings (SSSR count). The third-order valence-corrected chi connectivity index (χ3v) is 7.00. The summed E-state index contributed by atoms with van der Waals surface area (Å²) in [4.78, 5) is 56.6. The van der Waals surface area contributed by atoms with Crippen molar-refractivity contribution >= 4 is 23.9 Å². The summed E-state index contributed by atoms with van der Waals surface area (Å²) in [5.41, 5.74) is 1.00. The Kier molecular flexibility index (Phi) is 14.3. The first kappa shape index (κ1) is 38.3. The number of carbonyl (C=O) groups is 4. The molecule has 0 aliphatic heterocycles. The summed E-state index contributed by atoms with van der Waals surface area (Å²) in [6, 6.07) is 13.9. The van der Waals surface area contributed by atoms with Crippen LogP contribution in [0.3, 0.4) is 0 Å². The number of amides is 3. The second-order valence-corrected chi connectivity index (χ2v) is 14.1. The highest BCUT2D eigenvalue weighted by molar-refractivity contribution is 5.94. The van der Waals surface area contributed by atoms with E-state index in [0.29, 0.717) is 18.4 Å². The summed E-state index contributed by atoms with van der Waals surface area (Å²) in [5, 5.41) is 5.71. The predicted octanol–water partition coefficient (Wildman–Crippen LogP) is 6.54. The zero-order valence-electron chi connectivity index (χ0n) is 29.4. The van der Waals surface area contributed by atoms with Crippen LogP contribution in [0, 0.1) is 5.92 Å². The molecule has 0 fully saturated rings. The smallest absolute Gasteiger partial charge is 0.408 e. The van der Waals surface area contributed by atoms with E-state index in [4.69, 9.17) is 9.47 Å². The third kappa shape index (κ3) is 12.9. The summed E-state index contributed by atoms with van der Waals surface area (Å²) in [6.07, 6.45) is 1.21. The molecule has 0 saturated carbocycles. The number of ether oxygens (including phenoxy) is 2. The fourth-order valence-corrected chi connectivity index (χ4v) is 5.03. The van der Waals surface area contributed by atoms with Gasteiger partial charge in [0.1, 0.15) is 29.3 Å². The summed E-state index contributed by atoms with van der Waals surface area (Å²) in [7, 11) is 0. The molecule has 254 valence electrons. The minimum Gasteiger partial charge on any atom is -0.458 e. The fourth-order valence-electron chi connectivity index (χ4n) is 5.03. The van der Waals surface area contributed by atoms with Gasteiger partial charge >= 0.3 is 12.1 Å². The van der Waals surface area contributed by atoms with Gasteiger partial charge in [0.15, 0.2) is 0 Å². The van der Waals surface area contributed by atoms with Gasteiger partial charge in [0.05, 0.1) is 0 Å². The SMILES string of the molecule is CCCN(C(=O)C(CC(C)C)NC(=O)OC(C)(C)C)C(C(=O)NC(Cc1ccccc1)C(=O)OC(C)(C)C)c1ccc(CC)cc1. The van der Waals surface area contributed by atoms with Crippen LogP contribution in [-0.2, 0) is 36.7 Å². The van der Waals surface area contributed by atoms with Crippen molar-refractivity contribution in [2.45, 2.75) is 124 Å². The molecule has 0 radical (unpaired) electrons. The molecule has 2 N–H and O–H groups in total. The molecule has 3 unspecified atom stereocenters. The Morgan fingerprint density at radius 3 is 1.85 bits per heavy atom. The van der Waals surface area contributed by atoms with Gasteiger partial charge in [-0.3, -0.25) is 9.59 Å². The van der Waals surface area contributed by atoms with Gasteiger partial charge in [-0.05, 0) is 83.4 Å². The average molecular weight is 638 g/mol. The van der Waals surface area contributed by atoms with Gasteiger partial charge in [-0.1, -0.05) is 82.3 Å². The van der Waals surface area contributed by atoms with Crippen LogP contribution in [0.1, 0.15) is 105 Å². The molecule has 0 heterocycles. The second kappa shape index (κ2) is 17.2. The Balaban J connectivity index is 2.59. The van der Waals surface area contributed by atoms with Crippen LogP contribution in [-0.4, -0.2) is 58.6 Å². The number of rotatable bonds is 14. The Hall–Kier alpha value is -3.88. The van der Waals surface area contributed by atoms with Crippen molar-refractivity contribution in [3.8, 4) is 0 Å². The maximum absolute atomic E-state index is 14.4. The number of carbonyl (C=O) groups excluding carboxylic acids is 4. The number of aryl methyl sites for hydroxylation is 1. The molecule has 2 aromatic rings. The van der Waals surface area contributed by atoms with Crippen LogP contribution in [0.2, 0.25) is 0 Å². The topological polar surface area (TPSA) is 114 Å². The van der Waals surface area contributed by atoms with Gasteiger partial charge in [0.2, 0.25) is 11.8 Å². The molecular formula is C37H55N3O6.